The summed E-state index contributed by atoms with van der Waals surface area (Å²) in [7, 11) is -4.02. The van der Waals surface area contributed by atoms with Gasteiger partial charge < -0.3 is 25.8 Å². The van der Waals surface area contributed by atoms with E-state index in [1.807, 2.05) is 54.3 Å². The van der Waals surface area contributed by atoms with Gasteiger partial charge in [-0.3, -0.25) is 19.7 Å². The zero-order chi connectivity index (χ0) is 41.6. The first kappa shape index (κ1) is 39.7. The number of carbonyl (C=O) groups is 2. The van der Waals surface area contributed by atoms with Crippen molar-refractivity contribution in [2.24, 2.45) is 32.4 Å². The number of fused-ring (bicyclic) bond motifs is 2. The number of carboxylic acids is 1. The van der Waals surface area contributed by atoms with Gasteiger partial charge in [-0.25, -0.2) is 14.8 Å². The first-order valence-electron chi connectivity index (χ1n) is 20.1. The molecule has 14 nitrogen and oxygen atoms in total. The molecule has 3 heterocycles. The normalized spacial score (nSPS) is 29.3. The molecule has 4 saturated carbocycles. The third kappa shape index (κ3) is 5.96. The summed E-state index contributed by atoms with van der Waals surface area (Å²) in [6.07, 6.45) is 6.14. The van der Waals surface area contributed by atoms with Crippen molar-refractivity contribution < 1.29 is 32.4 Å². The summed E-state index contributed by atoms with van der Waals surface area (Å²) in [4.78, 5) is 42.8. The first-order chi connectivity index (χ1) is 28.1. The molecule has 0 saturated heterocycles. The number of pyridine rings is 1. The van der Waals surface area contributed by atoms with Gasteiger partial charge in [0.1, 0.15) is 5.82 Å². The summed E-state index contributed by atoms with van der Waals surface area (Å²) in [5.41, 5.74) is 11.0. The largest absolute Gasteiger partial charge is 0.476 e. The number of amides is 1. The molecule has 310 valence electrons. The Bertz CT molecular complexity index is 2550. The van der Waals surface area contributed by atoms with Crippen molar-refractivity contribution in [1.82, 2.24) is 15.3 Å². The smallest absolute Gasteiger partial charge is 0.355 e. The fraction of sp³-hybridized carbons (Fsp3) is 0.465. The molecular formula is C43H49N7O7S2. The maximum absolute atomic E-state index is 13.6. The number of aromatic carboxylic acids is 1. The lowest BCUT2D eigenvalue weighted by molar-refractivity contribution is -0.565. The minimum Gasteiger partial charge on any atom is -0.476 e. The number of aliphatic imine (C=N–C) groups is 1. The maximum Gasteiger partial charge on any atom is 0.355 e. The predicted octanol–water partition coefficient (Wildman–Crippen LogP) is 5.80. The Morgan fingerprint density at radius 3 is 2.54 bits per heavy atom. The van der Waals surface area contributed by atoms with Crippen LogP contribution in [0.1, 0.15) is 84.0 Å². The molecule has 5 aliphatic rings. The number of rotatable bonds is 15. The number of benzene rings is 2. The van der Waals surface area contributed by atoms with E-state index in [0.29, 0.717) is 72.6 Å². The Balaban J connectivity index is 0.901. The highest BCUT2D eigenvalue weighted by Gasteiger charge is 3.02. The third-order valence-corrected chi connectivity index (χ3v) is 15.9. The van der Waals surface area contributed by atoms with Crippen molar-refractivity contribution in [3.05, 3.63) is 88.7 Å². The van der Waals surface area contributed by atoms with Gasteiger partial charge in [0.2, 0.25) is 0 Å². The van der Waals surface area contributed by atoms with Crippen LogP contribution in [0.3, 0.4) is 0 Å². The molecule has 1 aliphatic heterocycles. The number of carbonyl (C=O) groups excluding carboxylic acids is 1. The van der Waals surface area contributed by atoms with Crippen molar-refractivity contribution in [3.8, 4) is 0 Å². The summed E-state index contributed by atoms with van der Waals surface area (Å²) in [6, 6.07) is 17.0. The Labute approximate surface area is 347 Å². The van der Waals surface area contributed by atoms with Gasteiger partial charge in [0, 0.05) is 72.2 Å². The van der Waals surface area contributed by atoms with Crippen molar-refractivity contribution in [2.45, 2.75) is 65.0 Å². The number of carboxylic acid groups (broad SMARTS) is 1. The number of hydrogen-bond acceptors (Lipinski definition) is 12. The molecule has 0 radical (unpaired) electrons. The number of hydrogen-bond donors (Lipinski definition) is 5. The molecule has 2 aromatic carbocycles. The highest BCUT2D eigenvalue weighted by Crippen LogP contribution is 3.03. The van der Waals surface area contributed by atoms with E-state index in [1.165, 1.54) is 17.5 Å². The number of nitrogens with one attached hydrogen (secondary N) is 2. The fourth-order valence-corrected chi connectivity index (χ4v) is 14.5. The van der Waals surface area contributed by atoms with E-state index in [4.69, 9.17) is 20.0 Å². The molecule has 9 rings (SSSR count). The van der Waals surface area contributed by atoms with Gasteiger partial charge in [-0.05, 0) is 91.3 Å². The topological polar surface area (TPSA) is 209 Å². The van der Waals surface area contributed by atoms with Gasteiger partial charge in [-0.2, -0.15) is 8.42 Å². The van der Waals surface area contributed by atoms with Crippen LogP contribution in [0, 0.1) is 21.7 Å². The van der Waals surface area contributed by atoms with Crippen LogP contribution in [-0.2, 0) is 27.8 Å². The van der Waals surface area contributed by atoms with E-state index < -0.39 is 16.1 Å². The number of nitrogens with two attached hydrogens (primary N) is 1. The van der Waals surface area contributed by atoms with E-state index in [1.54, 1.807) is 12.1 Å². The Morgan fingerprint density at radius 1 is 1.02 bits per heavy atom. The molecule has 5 unspecified atom stereocenters. The van der Waals surface area contributed by atoms with Crippen LogP contribution >= 0.6 is 11.3 Å². The quantitative estimate of drug-likeness (QED) is 0.0547. The molecule has 4 aliphatic carbocycles. The van der Waals surface area contributed by atoms with E-state index in [2.05, 4.69) is 34.4 Å². The van der Waals surface area contributed by atoms with Gasteiger partial charge in [-0.1, -0.05) is 49.4 Å². The average molecular weight is 840 g/mol. The standard InChI is InChI=1S/C43H49N7O7S2/c1-26(46-25-41-22-39(2)21-40(3)23-42(24-41,43(39,40)41)57-17-14-45-15-18-59(54,55)56)30(19-44)28-11-12-34(48-35(28)37(52)53)50-16-13-27-7-6-8-29(31(27)20-50)36(51)49-38-47-32-9-4-5-10-33(32)58-38/h4-12,19,45H,13-18,20-25,44H2,1-3H3,(H,52,53)(H,47,49,51)(H,54,55,56)/b30-19+,46-26?. The fourth-order valence-electron chi connectivity index (χ4n) is 13.2. The van der Waals surface area contributed by atoms with Crippen LogP contribution in [0.15, 0.2) is 65.8 Å². The molecule has 0 bridgehead atoms. The summed E-state index contributed by atoms with van der Waals surface area (Å²) >= 11 is 1.42. The molecule has 5 atom stereocenters. The number of aromatic nitrogens is 2. The van der Waals surface area contributed by atoms with Crippen LogP contribution in [0.4, 0.5) is 10.9 Å². The number of ether oxygens (including phenoxy) is 1. The van der Waals surface area contributed by atoms with Crippen molar-refractivity contribution in [3.63, 3.8) is 0 Å². The number of allylic oxidation sites excluding steroid dienone is 1. The lowest BCUT2D eigenvalue weighted by Crippen LogP contribution is -3.01. The maximum atomic E-state index is 13.6. The molecule has 1 amide bonds. The average Bonchev–Trinajstić information content (AvgIpc) is 3.58. The second-order valence-electron chi connectivity index (χ2n) is 17.6. The zero-order valence-corrected chi connectivity index (χ0v) is 35.0. The van der Waals surface area contributed by atoms with Crippen LogP contribution < -0.4 is 21.3 Å². The van der Waals surface area contributed by atoms with E-state index in [9.17, 15) is 23.1 Å². The third-order valence-electron chi connectivity index (χ3n) is 14.2. The zero-order valence-electron chi connectivity index (χ0n) is 33.4. The van der Waals surface area contributed by atoms with Gasteiger partial charge in [0.15, 0.2) is 10.8 Å². The molecule has 4 aromatic rings. The molecule has 2 aromatic heterocycles. The highest BCUT2D eigenvalue weighted by molar-refractivity contribution is 7.85. The number of para-hydroxylation sites is 1. The van der Waals surface area contributed by atoms with Crippen molar-refractivity contribution in [2.75, 3.05) is 48.8 Å². The van der Waals surface area contributed by atoms with Gasteiger partial charge in [0.05, 0.1) is 28.2 Å². The molecule has 1 spiro atoms. The van der Waals surface area contributed by atoms with Crippen LogP contribution in [0.25, 0.3) is 15.8 Å². The van der Waals surface area contributed by atoms with Crippen LogP contribution in [0.2, 0.25) is 0 Å². The lowest BCUT2D eigenvalue weighted by Gasteiger charge is -3.02. The minimum atomic E-state index is -4.02. The molecule has 16 heteroatoms. The molecule has 59 heavy (non-hydrogen) atoms. The Hall–Kier alpha value is -4.74. The molecule has 6 N–H and O–H groups in total. The summed E-state index contributed by atoms with van der Waals surface area (Å²) in [5, 5.41) is 17.0. The second-order valence-corrected chi connectivity index (χ2v) is 20.2. The van der Waals surface area contributed by atoms with Crippen molar-refractivity contribution >= 4 is 65.8 Å². The van der Waals surface area contributed by atoms with Crippen LogP contribution in [0.5, 0.6) is 0 Å². The number of nitrogens with zero attached hydrogens (tertiary/aromatic N) is 4. The molecule has 4 fully saturated rings. The van der Waals surface area contributed by atoms with Gasteiger partial charge in [0.25, 0.3) is 16.0 Å². The molecular weight excluding hydrogens is 791 g/mol. The first-order valence-corrected chi connectivity index (χ1v) is 22.5. The van der Waals surface area contributed by atoms with Crippen molar-refractivity contribution in [1.29, 1.82) is 0 Å². The monoisotopic (exact) mass is 839 g/mol. The van der Waals surface area contributed by atoms with Gasteiger partial charge >= 0.3 is 5.97 Å². The van der Waals surface area contributed by atoms with Gasteiger partial charge in [-0.15, -0.1) is 0 Å². The second kappa shape index (κ2) is 13.9. The minimum absolute atomic E-state index is 0.00331. The lowest BCUT2D eigenvalue weighted by atomic mass is 9.03. The van der Waals surface area contributed by atoms with E-state index in [-0.39, 0.29) is 51.2 Å². The number of thiazole rings is 1. The van der Waals surface area contributed by atoms with Crippen LogP contribution in [-0.4, -0.2) is 89.8 Å². The SMILES string of the molecule is CC(=NCC12CC3(C)CC4(C)CC(OCCNCCS(=O)(=O)O)(C1)C342)/C(=C\N)c1ccc(N2CCc3cccc(C(=O)Nc4nc5ccccc5s4)c3C2)nc1C(=O)O. The van der Waals surface area contributed by atoms with E-state index in [0.717, 1.165) is 47.0 Å². The Kier molecular flexibility index (Phi) is 9.36. The van der Waals surface area contributed by atoms with E-state index >= 15 is 0 Å². The highest BCUT2D eigenvalue weighted by atomic mass is 32.2. The Morgan fingerprint density at radius 2 is 1.81 bits per heavy atom. The summed E-state index contributed by atoms with van der Waals surface area (Å²) in [6.45, 7) is 9.25. The summed E-state index contributed by atoms with van der Waals surface area (Å²) < 4.78 is 38.8. The predicted molar refractivity (Wildman–Crippen MR) is 228 cm³/mol. The number of anilines is 2. The summed E-state index contributed by atoms with van der Waals surface area (Å²) in [5.74, 6) is -1.28.